The van der Waals surface area contributed by atoms with Crippen LogP contribution in [-0.2, 0) is 16.3 Å². The quantitative estimate of drug-likeness (QED) is 0.699. The number of ether oxygens (including phenoxy) is 1. The van der Waals surface area contributed by atoms with Crippen molar-refractivity contribution in [2.75, 3.05) is 31.1 Å². The van der Waals surface area contributed by atoms with Crippen LogP contribution < -0.4 is 15.0 Å². The lowest BCUT2D eigenvalue weighted by Gasteiger charge is -2.32. The molecule has 3 amide bonds. The van der Waals surface area contributed by atoms with Gasteiger partial charge < -0.3 is 19.9 Å². The summed E-state index contributed by atoms with van der Waals surface area (Å²) in [6, 6.07) is 13.8. The fourth-order valence-electron chi connectivity index (χ4n) is 4.20. The van der Waals surface area contributed by atoms with Crippen LogP contribution in [0.15, 0.2) is 48.5 Å². The Morgan fingerprint density at radius 3 is 2.48 bits per heavy atom. The largest absolute Gasteiger partial charge is 0.490 e. The van der Waals surface area contributed by atoms with E-state index in [0.717, 1.165) is 12.1 Å². The molecule has 2 saturated heterocycles. The van der Waals surface area contributed by atoms with Gasteiger partial charge in [-0.2, -0.15) is 0 Å². The number of hydrogen-bond donors (Lipinski definition) is 1. The summed E-state index contributed by atoms with van der Waals surface area (Å²) in [6.07, 6.45) is 2.73. The predicted octanol–water partition coefficient (Wildman–Crippen LogP) is 3.08. The molecule has 0 bridgehead atoms. The lowest BCUT2D eigenvalue weighted by molar-refractivity contribution is -0.131. The summed E-state index contributed by atoms with van der Waals surface area (Å²) >= 11 is 0. The van der Waals surface area contributed by atoms with Crippen molar-refractivity contribution in [3.05, 3.63) is 59.7 Å². The normalized spacial score (nSPS) is 16.7. The maximum Gasteiger partial charge on any atom is 0.251 e. The van der Waals surface area contributed by atoms with Crippen LogP contribution in [0.1, 0.15) is 41.6 Å². The first kappa shape index (κ1) is 22.8. The number of likely N-dealkylation sites (tertiary alicyclic amines) is 1. The van der Waals surface area contributed by atoms with E-state index in [9.17, 15) is 18.8 Å². The third kappa shape index (κ3) is 5.69. The maximum atomic E-state index is 12.8. The van der Waals surface area contributed by atoms with Gasteiger partial charge in [0.05, 0.1) is 6.54 Å². The molecule has 1 N–H and O–H groups in total. The molecule has 174 valence electrons. The SMILES string of the molecule is O=C(NCC(=O)N1CCC(Oc2cccc(CF)c2)CC1)c1ccc(N2CCCC2=O)cc1. The van der Waals surface area contributed by atoms with Crippen LogP contribution in [0.25, 0.3) is 0 Å². The first-order valence-electron chi connectivity index (χ1n) is 11.3. The third-order valence-corrected chi connectivity index (χ3v) is 6.06. The van der Waals surface area contributed by atoms with Gasteiger partial charge in [0.2, 0.25) is 11.8 Å². The number of carbonyl (C=O) groups is 3. The number of carbonyl (C=O) groups excluding carboxylic acids is 3. The number of nitrogens with one attached hydrogen (secondary N) is 1. The average Bonchev–Trinajstić information content (AvgIpc) is 3.28. The summed E-state index contributed by atoms with van der Waals surface area (Å²) in [4.78, 5) is 40.2. The van der Waals surface area contributed by atoms with Gasteiger partial charge in [-0.15, -0.1) is 0 Å². The van der Waals surface area contributed by atoms with Gasteiger partial charge >= 0.3 is 0 Å². The van der Waals surface area contributed by atoms with Crippen LogP contribution >= 0.6 is 0 Å². The number of nitrogens with zero attached hydrogens (tertiary/aromatic N) is 2. The van der Waals surface area contributed by atoms with Gasteiger partial charge in [0.15, 0.2) is 0 Å². The first-order valence-corrected chi connectivity index (χ1v) is 11.3. The summed E-state index contributed by atoms with van der Waals surface area (Å²) in [6.45, 7) is 1.18. The van der Waals surface area contributed by atoms with Gasteiger partial charge in [-0.1, -0.05) is 12.1 Å². The summed E-state index contributed by atoms with van der Waals surface area (Å²) in [5.41, 5.74) is 1.81. The lowest BCUT2D eigenvalue weighted by atomic mass is 10.1. The van der Waals surface area contributed by atoms with Gasteiger partial charge in [-0.3, -0.25) is 14.4 Å². The van der Waals surface area contributed by atoms with Gasteiger partial charge in [0, 0.05) is 50.1 Å². The molecule has 7 nitrogen and oxygen atoms in total. The van der Waals surface area contributed by atoms with Crippen molar-refractivity contribution >= 4 is 23.4 Å². The monoisotopic (exact) mass is 453 g/mol. The highest BCUT2D eigenvalue weighted by Gasteiger charge is 2.25. The minimum absolute atomic E-state index is 0.0282. The van der Waals surface area contributed by atoms with Crippen molar-refractivity contribution in [3.8, 4) is 5.75 Å². The molecule has 0 spiro atoms. The molecule has 0 atom stereocenters. The van der Waals surface area contributed by atoms with E-state index in [0.29, 0.717) is 55.8 Å². The number of piperidine rings is 1. The average molecular weight is 454 g/mol. The molecule has 2 aromatic rings. The van der Waals surface area contributed by atoms with E-state index in [1.54, 1.807) is 52.3 Å². The Morgan fingerprint density at radius 1 is 1.06 bits per heavy atom. The highest BCUT2D eigenvalue weighted by Crippen LogP contribution is 2.22. The number of rotatable bonds is 7. The molecule has 2 aromatic carbocycles. The van der Waals surface area contributed by atoms with Gasteiger partial charge in [-0.05, 0) is 48.4 Å². The fraction of sp³-hybridized carbons (Fsp3) is 0.400. The molecule has 4 rings (SSSR count). The number of anilines is 1. The standard InChI is InChI=1S/C25H28FN3O4/c26-16-18-3-1-4-22(15-18)33-21-10-13-28(14-11-21)24(31)17-27-25(32)19-6-8-20(9-7-19)29-12-2-5-23(29)30/h1,3-4,6-9,15,21H,2,5,10-14,16-17H2,(H,27,32). The van der Waals surface area contributed by atoms with Gasteiger partial charge in [0.1, 0.15) is 18.5 Å². The van der Waals surface area contributed by atoms with Crippen molar-refractivity contribution in [2.45, 2.75) is 38.5 Å². The molecule has 0 unspecified atom stereocenters. The molecule has 8 heteroatoms. The van der Waals surface area contributed by atoms with Crippen LogP contribution in [0.4, 0.5) is 10.1 Å². The number of benzene rings is 2. The van der Waals surface area contributed by atoms with Crippen molar-refractivity contribution in [1.82, 2.24) is 10.2 Å². The molecular weight excluding hydrogens is 425 g/mol. The third-order valence-electron chi connectivity index (χ3n) is 6.06. The minimum Gasteiger partial charge on any atom is -0.490 e. The van der Waals surface area contributed by atoms with Gasteiger partial charge in [-0.25, -0.2) is 4.39 Å². The molecular formula is C25H28FN3O4. The second-order valence-electron chi connectivity index (χ2n) is 8.36. The zero-order chi connectivity index (χ0) is 23.2. The van der Waals surface area contributed by atoms with E-state index in [2.05, 4.69) is 5.32 Å². The zero-order valence-electron chi connectivity index (χ0n) is 18.5. The summed E-state index contributed by atoms with van der Waals surface area (Å²) < 4.78 is 18.7. The van der Waals surface area contributed by atoms with Crippen molar-refractivity contribution in [2.24, 2.45) is 0 Å². The molecule has 33 heavy (non-hydrogen) atoms. The van der Waals surface area contributed by atoms with Crippen LogP contribution in [0.3, 0.4) is 0 Å². The van der Waals surface area contributed by atoms with E-state index in [1.807, 2.05) is 6.07 Å². The first-order chi connectivity index (χ1) is 16.0. The molecule has 0 saturated carbocycles. The predicted molar refractivity (Wildman–Crippen MR) is 122 cm³/mol. The van der Waals surface area contributed by atoms with E-state index in [4.69, 9.17) is 4.74 Å². The second-order valence-corrected chi connectivity index (χ2v) is 8.36. The number of halogens is 1. The Morgan fingerprint density at radius 2 is 1.82 bits per heavy atom. The van der Waals surface area contributed by atoms with Crippen LogP contribution in [0.5, 0.6) is 5.75 Å². The molecule has 2 aliphatic heterocycles. The molecule has 0 aromatic heterocycles. The number of hydrogen-bond acceptors (Lipinski definition) is 4. The summed E-state index contributed by atoms with van der Waals surface area (Å²) in [7, 11) is 0. The number of alkyl halides is 1. The topological polar surface area (TPSA) is 79.0 Å². The maximum absolute atomic E-state index is 12.8. The Labute approximate surface area is 192 Å². The fourth-order valence-corrected chi connectivity index (χ4v) is 4.20. The van der Waals surface area contributed by atoms with Crippen molar-refractivity contribution in [3.63, 3.8) is 0 Å². The molecule has 0 aliphatic carbocycles. The molecule has 2 fully saturated rings. The Bertz CT molecular complexity index is 1000. The summed E-state index contributed by atoms with van der Waals surface area (Å²) in [5.74, 6) is 0.275. The highest BCUT2D eigenvalue weighted by atomic mass is 19.1. The van der Waals surface area contributed by atoms with E-state index in [1.165, 1.54) is 0 Å². The minimum atomic E-state index is -0.530. The van der Waals surface area contributed by atoms with E-state index < -0.39 is 6.67 Å². The molecule has 0 radical (unpaired) electrons. The second kappa shape index (κ2) is 10.5. The van der Waals surface area contributed by atoms with Crippen LogP contribution in [-0.4, -0.2) is 54.9 Å². The van der Waals surface area contributed by atoms with Gasteiger partial charge in [0.25, 0.3) is 5.91 Å². The Balaban J connectivity index is 1.21. The highest BCUT2D eigenvalue weighted by molar-refractivity contribution is 5.98. The lowest BCUT2D eigenvalue weighted by Crippen LogP contribution is -2.46. The van der Waals surface area contributed by atoms with Crippen LogP contribution in [0.2, 0.25) is 0 Å². The molecule has 2 aliphatic rings. The van der Waals surface area contributed by atoms with Crippen molar-refractivity contribution < 1.29 is 23.5 Å². The zero-order valence-corrected chi connectivity index (χ0v) is 18.5. The molecule has 2 heterocycles. The smallest absolute Gasteiger partial charge is 0.251 e. The Kier molecular flexibility index (Phi) is 7.22. The van der Waals surface area contributed by atoms with E-state index in [-0.39, 0.29) is 30.4 Å². The summed E-state index contributed by atoms with van der Waals surface area (Å²) in [5, 5.41) is 2.68. The Hall–Kier alpha value is -3.42. The van der Waals surface area contributed by atoms with Crippen LogP contribution in [0, 0.1) is 0 Å². The number of amides is 3. The van der Waals surface area contributed by atoms with Crippen molar-refractivity contribution in [1.29, 1.82) is 0 Å². The van der Waals surface area contributed by atoms with E-state index >= 15 is 0 Å².